The van der Waals surface area contributed by atoms with Crippen molar-refractivity contribution >= 4 is 87.2 Å². The van der Waals surface area contributed by atoms with E-state index in [-0.39, 0.29) is 11.4 Å². The first-order valence-electron chi connectivity index (χ1n) is 30.3. The molecule has 0 radical (unpaired) electrons. The van der Waals surface area contributed by atoms with Gasteiger partial charge in [0.25, 0.3) is 0 Å². The van der Waals surface area contributed by atoms with Gasteiger partial charge in [-0.15, -0.1) is 0 Å². The van der Waals surface area contributed by atoms with Gasteiger partial charge in [-0.3, -0.25) is 24.9 Å². The third-order valence-corrected chi connectivity index (χ3v) is 18.3. The molecule has 18 aromatic rings. The number of nitrogens with zero attached hydrogens (tertiary/aromatic N) is 9. The highest BCUT2D eigenvalue weighted by Crippen LogP contribution is 2.56. The maximum absolute atomic E-state index is 19.0. The number of fused-ring (bicyclic) bond motifs is 12. The molecule has 434 valence electrons. The third kappa shape index (κ3) is 8.10. The first-order chi connectivity index (χ1) is 45.3. The monoisotopic (exact) mass is 1190 g/mol. The van der Waals surface area contributed by atoms with Crippen LogP contribution in [0.15, 0.2) is 292 Å². The van der Waals surface area contributed by atoms with Gasteiger partial charge < -0.3 is 18.3 Å². The topological polar surface area (TPSA) is 84.2 Å². The summed E-state index contributed by atoms with van der Waals surface area (Å²) < 4.78 is 65.0. The van der Waals surface area contributed by atoms with Gasteiger partial charge in [0.15, 0.2) is 0 Å². The Morgan fingerprint density at radius 3 is 0.707 bits per heavy atom. The minimum Gasteiger partial charge on any atom is -0.306 e. The van der Waals surface area contributed by atoms with Gasteiger partial charge in [-0.05, 0) is 184 Å². The van der Waals surface area contributed by atoms with Gasteiger partial charge >= 0.3 is 6.18 Å². The molecule has 0 aliphatic rings. The quantitative estimate of drug-likeness (QED) is 0.144. The normalized spacial score (nSPS) is 12.1. The average molecular weight is 1190 g/mol. The van der Waals surface area contributed by atoms with E-state index >= 15 is 13.2 Å². The molecule has 0 atom stereocenters. The fourth-order valence-electron chi connectivity index (χ4n) is 14.4. The summed E-state index contributed by atoms with van der Waals surface area (Å²) in [6.07, 6.45) is 12.6. The molecular weight excluding hydrogens is 1140 g/mol. The van der Waals surface area contributed by atoms with Crippen LogP contribution in [-0.4, -0.2) is 43.2 Å². The lowest BCUT2D eigenvalue weighted by Crippen LogP contribution is -2.22. The molecule has 12 heteroatoms. The number of para-hydroxylation sites is 4. The molecule has 9 aromatic carbocycles. The number of hydrogen-bond acceptors (Lipinski definition) is 5. The van der Waals surface area contributed by atoms with E-state index < -0.39 is 11.7 Å². The fraction of sp³-hybridized carbons (Fsp3) is 0.0125. The molecular formula is C80H48F3N9. The van der Waals surface area contributed by atoms with E-state index in [2.05, 4.69) is 107 Å². The van der Waals surface area contributed by atoms with E-state index in [0.717, 1.165) is 87.6 Å². The molecule has 0 fully saturated rings. The predicted molar refractivity (Wildman–Crippen MR) is 365 cm³/mol. The molecule has 0 amide bonds. The minimum absolute atomic E-state index is 0.0572. The van der Waals surface area contributed by atoms with Crippen LogP contribution >= 0.6 is 0 Å². The van der Waals surface area contributed by atoms with E-state index in [9.17, 15) is 0 Å². The third-order valence-electron chi connectivity index (χ3n) is 18.3. The Labute approximate surface area is 523 Å². The Balaban J connectivity index is 1.14. The molecule has 18 rings (SSSR count). The van der Waals surface area contributed by atoms with E-state index in [1.54, 1.807) is 62.0 Å². The maximum atomic E-state index is 19.0. The summed E-state index contributed by atoms with van der Waals surface area (Å²) in [5.74, 6) is 0. The Hall–Kier alpha value is -12.3. The molecule has 0 aliphatic carbocycles. The smallest absolute Gasteiger partial charge is 0.306 e. The highest BCUT2D eigenvalue weighted by molar-refractivity contribution is 6.18. The molecule has 0 spiro atoms. The number of halogens is 3. The molecule has 0 aliphatic heterocycles. The van der Waals surface area contributed by atoms with Crippen LogP contribution in [0.5, 0.6) is 0 Å². The van der Waals surface area contributed by atoms with Crippen LogP contribution in [-0.2, 0) is 6.18 Å². The Bertz CT molecular complexity index is 5340. The van der Waals surface area contributed by atoms with Gasteiger partial charge in [0, 0.05) is 111 Å². The number of pyridine rings is 5. The number of benzene rings is 9. The summed E-state index contributed by atoms with van der Waals surface area (Å²) in [5.41, 5.74) is 13.5. The van der Waals surface area contributed by atoms with E-state index in [1.807, 2.05) is 167 Å². The molecule has 9 nitrogen and oxygen atoms in total. The van der Waals surface area contributed by atoms with Gasteiger partial charge in [0.2, 0.25) is 0 Å². The zero-order chi connectivity index (χ0) is 61.2. The molecule has 9 aromatic heterocycles. The van der Waals surface area contributed by atoms with Gasteiger partial charge in [0.1, 0.15) is 5.56 Å². The predicted octanol–water partition coefficient (Wildman–Crippen LogP) is 20.4. The van der Waals surface area contributed by atoms with Crippen LogP contribution in [0.25, 0.3) is 166 Å². The van der Waals surface area contributed by atoms with E-state index in [4.69, 9.17) is 0 Å². The summed E-state index contributed by atoms with van der Waals surface area (Å²) in [6.45, 7) is 0. The molecule has 92 heavy (non-hydrogen) atoms. The second-order valence-electron chi connectivity index (χ2n) is 23.2. The minimum atomic E-state index is -5.09. The van der Waals surface area contributed by atoms with Crippen molar-refractivity contribution in [2.45, 2.75) is 6.18 Å². The number of alkyl halides is 3. The van der Waals surface area contributed by atoms with Crippen LogP contribution in [0.3, 0.4) is 0 Å². The Morgan fingerprint density at radius 2 is 0.446 bits per heavy atom. The lowest BCUT2D eigenvalue weighted by Gasteiger charge is -2.31. The second kappa shape index (κ2) is 20.7. The highest BCUT2D eigenvalue weighted by atomic mass is 19.4. The van der Waals surface area contributed by atoms with Crippen molar-refractivity contribution < 1.29 is 13.2 Å². The SMILES string of the molecule is FC(F)(F)c1c(-n2c3ccccc3c3ccccc32)c(-n2c3ccc(-c4ccncc4)cc3c3cc(-c4ccncc4)ccc32)c(-c2ccncc2)c(-n2c3ccc(-c4ccncc4)cc3c3cc(-c4ccncc4)ccc32)c1-n1c2ccccc2c2ccccc21. The fourth-order valence-corrected chi connectivity index (χ4v) is 14.4. The molecule has 0 unspecified atom stereocenters. The summed E-state index contributed by atoms with van der Waals surface area (Å²) >= 11 is 0. The first-order valence-corrected chi connectivity index (χ1v) is 30.3. The van der Waals surface area contributed by atoms with Crippen LogP contribution in [0.4, 0.5) is 13.2 Å². The molecule has 9 heterocycles. The lowest BCUT2D eigenvalue weighted by atomic mass is 9.93. The average Bonchev–Trinajstić information content (AvgIpc) is 1.01. The maximum Gasteiger partial charge on any atom is 0.420 e. The van der Waals surface area contributed by atoms with Crippen molar-refractivity contribution in [3.8, 4) is 78.4 Å². The summed E-state index contributed by atoms with van der Waals surface area (Å²) in [6, 6.07) is 76.2. The molecule has 0 saturated heterocycles. The van der Waals surface area contributed by atoms with Crippen molar-refractivity contribution in [1.82, 2.24) is 43.2 Å². The number of aromatic nitrogens is 9. The van der Waals surface area contributed by atoms with Crippen molar-refractivity contribution in [3.63, 3.8) is 0 Å². The van der Waals surface area contributed by atoms with Crippen LogP contribution in [0.2, 0.25) is 0 Å². The van der Waals surface area contributed by atoms with Crippen molar-refractivity contribution in [2.75, 3.05) is 0 Å². The summed E-state index contributed by atoms with van der Waals surface area (Å²) in [4.78, 5) is 22.1. The van der Waals surface area contributed by atoms with Gasteiger partial charge in [-0.2, -0.15) is 13.2 Å². The van der Waals surface area contributed by atoms with Gasteiger partial charge in [-0.1, -0.05) is 97.1 Å². The molecule has 0 N–H and O–H groups in total. The summed E-state index contributed by atoms with van der Waals surface area (Å²) in [7, 11) is 0. The van der Waals surface area contributed by atoms with Crippen LogP contribution < -0.4 is 0 Å². The standard InChI is InChI=1S/C80H48F3N9/c81-80(82,83)75-78(91-66-13-5-1-9-58(66)59-10-2-6-14-67(59)91)76(89-70-21-17-54(49-25-35-84-36-26-49)45-62(70)63-46-55(18-22-71(63)89)50-27-37-85-38-28-50)74(53-33-43-88-44-34-53)77(79(75)92-68-15-7-3-11-60(68)61-12-4-8-16-69(61)92)90-72-23-19-56(51-29-39-86-40-30-51)47-64(72)65-48-57(20-24-73(65)90)52-31-41-87-42-32-52/h1-48H. The van der Waals surface area contributed by atoms with Crippen molar-refractivity contribution in [3.05, 3.63) is 298 Å². The second-order valence-corrected chi connectivity index (χ2v) is 23.2. The lowest BCUT2D eigenvalue weighted by molar-refractivity contribution is -0.137. The molecule has 0 saturated carbocycles. The van der Waals surface area contributed by atoms with Gasteiger partial charge in [-0.25, -0.2) is 0 Å². The van der Waals surface area contributed by atoms with E-state index in [1.165, 1.54) is 0 Å². The molecule has 0 bridgehead atoms. The van der Waals surface area contributed by atoms with E-state index in [0.29, 0.717) is 66.6 Å². The Morgan fingerprint density at radius 1 is 0.217 bits per heavy atom. The van der Waals surface area contributed by atoms with Crippen LogP contribution in [0.1, 0.15) is 5.56 Å². The highest BCUT2D eigenvalue weighted by Gasteiger charge is 2.45. The van der Waals surface area contributed by atoms with Crippen LogP contribution in [0, 0.1) is 0 Å². The summed E-state index contributed by atoms with van der Waals surface area (Å²) in [5, 5.41) is 6.57. The van der Waals surface area contributed by atoms with Crippen molar-refractivity contribution in [1.29, 1.82) is 0 Å². The van der Waals surface area contributed by atoms with Gasteiger partial charge in [0.05, 0.1) is 66.9 Å². The number of hydrogen-bond donors (Lipinski definition) is 0. The van der Waals surface area contributed by atoms with Crippen molar-refractivity contribution in [2.24, 2.45) is 0 Å². The Kier molecular flexibility index (Phi) is 11.9. The number of rotatable bonds is 9. The zero-order valence-corrected chi connectivity index (χ0v) is 48.9. The first kappa shape index (κ1) is 52.8. The largest absolute Gasteiger partial charge is 0.420 e. The zero-order valence-electron chi connectivity index (χ0n) is 48.9.